The number of hydrogen-bond acceptors (Lipinski definition) is 8. The maximum absolute atomic E-state index is 13.7. The fraction of sp³-hybridized carbons (Fsp3) is 0.179. The first-order chi connectivity index (χ1) is 24.0. The maximum Gasteiger partial charge on any atom is 0.339 e. The Kier molecular flexibility index (Phi) is 8.92. The summed E-state index contributed by atoms with van der Waals surface area (Å²) in [6.07, 6.45) is 3.96. The lowest BCUT2D eigenvalue weighted by atomic mass is 10.0. The smallest absolute Gasteiger partial charge is 0.339 e. The molecule has 0 radical (unpaired) electrons. The first-order valence-corrected chi connectivity index (χ1v) is 16.0. The number of carbonyl (C=O) groups excluding carboxylic acids is 3. The number of benzene rings is 4. The molecule has 0 saturated heterocycles. The molecular formula is C39H33N3O7. The average Bonchev–Trinajstić information content (AvgIpc) is 3.76. The molecule has 4 aromatic carbocycles. The molecule has 2 aliphatic rings. The molecule has 7 rings (SSSR count). The third-order valence-electron chi connectivity index (χ3n) is 8.52. The molecule has 5 aromatic rings. The monoisotopic (exact) mass is 655 g/mol. The van der Waals surface area contributed by atoms with E-state index in [-0.39, 0.29) is 12.7 Å². The highest BCUT2D eigenvalue weighted by molar-refractivity contribution is 6.08. The molecule has 0 unspecified atom stereocenters. The Bertz CT molecular complexity index is 2110. The molecule has 2 N–H and O–H groups in total. The number of pyridine rings is 1. The molecule has 1 aromatic heterocycles. The number of nitrogens with one attached hydrogen (secondary N) is 2. The summed E-state index contributed by atoms with van der Waals surface area (Å²) in [7, 11) is 1.61. The van der Waals surface area contributed by atoms with E-state index < -0.39 is 18.5 Å². The van der Waals surface area contributed by atoms with E-state index in [0.29, 0.717) is 65.0 Å². The number of fused-ring (bicyclic) bond motifs is 3. The van der Waals surface area contributed by atoms with Crippen molar-refractivity contribution in [3.05, 3.63) is 125 Å². The van der Waals surface area contributed by atoms with Gasteiger partial charge in [-0.3, -0.25) is 9.59 Å². The van der Waals surface area contributed by atoms with Gasteiger partial charge in [0.2, 0.25) is 6.79 Å². The van der Waals surface area contributed by atoms with Crippen molar-refractivity contribution < 1.29 is 33.3 Å². The van der Waals surface area contributed by atoms with Crippen LogP contribution < -0.4 is 24.8 Å². The number of anilines is 1. The summed E-state index contributed by atoms with van der Waals surface area (Å²) in [5.74, 6) is 0.657. The van der Waals surface area contributed by atoms with Gasteiger partial charge in [-0.05, 0) is 90.1 Å². The van der Waals surface area contributed by atoms with Crippen molar-refractivity contribution in [1.29, 1.82) is 0 Å². The molecule has 0 fully saturated rings. The van der Waals surface area contributed by atoms with Gasteiger partial charge in [-0.1, -0.05) is 48.5 Å². The minimum Gasteiger partial charge on any atom is -0.497 e. The van der Waals surface area contributed by atoms with Crippen LogP contribution in [-0.2, 0) is 22.4 Å². The Hall–Kier alpha value is -6.16. The molecule has 0 spiro atoms. The standard InChI is InChI=1S/C39H33N3O7/c1-46-27-14-10-24(11-15-27)18-19-40-38(44)29-7-3-5-9-32(29)41-35(43)22-47-39(45)36-28-6-2-4-8-31(28)42-37-26(13-16-30(36)37)20-25-12-17-33-34(21-25)49-23-48-33/h2-12,14-15,17,20-21H,13,16,18-19,22-23H2,1H3,(H,40,44)(H,41,43). The molecular weight excluding hydrogens is 622 g/mol. The zero-order valence-electron chi connectivity index (χ0n) is 26.8. The number of nitrogens with zero attached hydrogens (tertiary/aromatic N) is 1. The first kappa shape index (κ1) is 31.4. The number of esters is 1. The van der Waals surface area contributed by atoms with Gasteiger partial charge in [-0.15, -0.1) is 0 Å². The van der Waals surface area contributed by atoms with Crippen LogP contribution in [0.3, 0.4) is 0 Å². The van der Waals surface area contributed by atoms with Gasteiger partial charge in [0.25, 0.3) is 11.8 Å². The zero-order chi connectivity index (χ0) is 33.7. The van der Waals surface area contributed by atoms with Crippen LogP contribution in [0.15, 0.2) is 91.0 Å². The molecule has 2 amide bonds. The van der Waals surface area contributed by atoms with Crippen molar-refractivity contribution in [1.82, 2.24) is 10.3 Å². The fourth-order valence-corrected chi connectivity index (χ4v) is 6.10. The van der Waals surface area contributed by atoms with Gasteiger partial charge in [0, 0.05) is 11.9 Å². The van der Waals surface area contributed by atoms with Gasteiger partial charge >= 0.3 is 5.97 Å². The molecule has 0 saturated carbocycles. The van der Waals surface area contributed by atoms with E-state index in [1.807, 2.05) is 72.8 Å². The normalized spacial score (nSPS) is 13.6. The second kappa shape index (κ2) is 13.9. The van der Waals surface area contributed by atoms with E-state index in [9.17, 15) is 14.4 Å². The van der Waals surface area contributed by atoms with E-state index in [2.05, 4.69) is 10.6 Å². The third kappa shape index (κ3) is 6.80. The number of methoxy groups -OCH3 is 1. The number of ether oxygens (including phenoxy) is 4. The van der Waals surface area contributed by atoms with Crippen LogP contribution >= 0.6 is 0 Å². The summed E-state index contributed by atoms with van der Waals surface area (Å²) in [4.78, 5) is 44.6. The SMILES string of the molecule is COc1ccc(CCNC(=O)c2ccccc2NC(=O)COC(=O)c2c3c(nc4ccccc24)C(=Cc2ccc4c(c2)OCO4)CC3)cc1. The van der Waals surface area contributed by atoms with E-state index in [1.165, 1.54) is 0 Å². The summed E-state index contributed by atoms with van der Waals surface area (Å²) in [5, 5.41) is 6.29. The van der Waals surface area contributed by atoms with Crippen molar-refractivity contribution in [2.24, 2.45) is 0 Å². The Morgan fingerprint density at radius 1 is 0.898 bits per heavy atom. The molecule has 10 heteroatoms. The second-order valence-corrected chi connectivity index (χ2v) is 11.6. The molecule has 10 nitrogen and oxygen atoms in total. The zero-order valence-corrected chi connectivity index (χ0v) is 26.8. The van der Waals surface area contributed by atoms with Crippen LogP contribution in [0.5, 0.6) is 17.2 Å². The highest BCUT2D eigenvalue weighted by Gasteiger charge is 2.28. The first-order valence-electron chi connectivity index (χ1n) is 16.0. The predicted molar refractivity (Wildman–Crippen MR) is 185 cm³/mol. The van der Waals surface area contributed by atoms with Gasteiger partial charge < -0.3 is 29.6 Å². The Morgan fingerprint density at radius 3 is 2.55 bits per heavy atom. The molecule has 49 heavy (non-hydrogen) atoms. The molecule has 0 bridgehead atoms. The molecule has 2 heterocycles. The molecule has 246 valence electrons. The summed E-state index contributed by atoms with van der Waals surface area (Å²) < 4.78 is 21.8. The highest BCUT2D eigenvalue weighted by Crippen LogP contribution is 2.39. The largest absolute Gasteiger partial charge is 0.497 e. The Morgan fingerprint density at radius 2 is 1.69 bits per heavy atom. The summed E-state index contributed by atoms with van der Waals surface area (Å²) in [5.41, 5.74) is 6.18. The number of hydrogen-bond donors (Lipinski definition) is 2. The lowest BCUT2D eigenvalue weighted by Gasteiger charge is -2.14. The third-order valence-corrected chi connectivity index (χ3v) is 8.52. The molecule has 0 atom stereocenters. The van der Waals surface area contributed by atoms with E-state index in [0.717, 1.165) is 33.7 Å². The van der Waals surface area contributed by atoms with Gasteiger partial charge in [0.15, 0.2) is 18.1 Å². The van der Waals surface area contributed by atoms with Crippen molar-refractivity contribution in [3.8, 4) is 17.2 Å². The van der Waals surface area contributed by atoms with Crippen LogP contribution in [-0.4, -0.2) is 49.8 Å². The Labute approximate surface area is 282 Å². The molecule has 1 aliphatic carbocycles. The number of rotatable bonds is 10. The van der Waals surface area contributed by atoms with Crippen LogP contribution in [0.25, 0.3) is 22.6 Å². The second-order valence-electron chi connectivity index (χ2n) is 11.6. The van der Waals surface area contributed by atoms with Crippen molar-refractivity contribution in [3.63, 3.8) is 0 Å². The van der Waals surface area contributed by atoms with Gasteiger partial charge in [-0.2, -0.15) is 0 Å². The number of amides is 2. The quantitative estimate of drug-likeness (QED) is 0.170. The minimum atomic E-state index is -0.612. The van der Waals surface area contributed by atoms with E-state index >= 15 is 0 Å². The molecule has 1 aliphatic heterocycles. The van der Waals surface area contributed by atoms with E-state index in [4.69, 9.17) is 23.9 Å². The summed E-state index contributed by atoms with van der Waals surface area (Å²) in [6.45, 7) is 0.0730. The number of allylic oxidation sites excluding steroid dienone is 1. The lowest BCUT2D eigenvalue weighted by Crippen LogP contribution is -2.28. The summed E-state index contributed by atoms with van der Waals surface area (Å²) >= 11 is 0. The maximum atomic E-state index is 13.7. The lowest BCUT2D eigenvalue weighted by molar-refractivity contribution is -0.119. The summed E-state index contributed by atoms with van der Waals surface area (Å²) in [6, 6.07) is 27.5. The van der Waals surface area contributed by atoms with Gasteiger partial charge in [0.1, 0.15) is 5.75 Å². The topological polar surface area (TPSA) is 125 Å². The van der Waals surface area contributed by atoms with Crippen molar-refractivity contribution >= 4 is 46.0 Å². The van der Waals surface area contributed by atoms with Crippen LogP contribution in [0, 0.1) is 0 Å². The minimum absolute atomic E-state index is 0.198. The van der Waals surface area contributed by atoms with E-state index in [1.54, 1.807) is 31.4 Å². The average molecular weight is 656 g/mol. The number of para-hydroxylation sites is 2. The van der Waals surface area contributed by atoms with Gasteiger partial charge in [-0.25, -0.2) is 9.78 Å². The van der Waals surface area contributed by atoms with Crippen LogP contribution in [0.4, 0.5) is 5.69 Å². The van der Waals surface area contributed by atoms with Crippen molar-refractivity contribution in [2.45, 2.75) is 19.3 Å². The predicted octanol–water partition coefficient (Wildman–Crippen LogP) is 6.23. The van der Waals surface area contributed by atoms with Gasteiger partial charge in [0.05, 0.1) is 35.1 Å². The van der Waals surface area contributed by atoms with Crippen LogP contribution in [0.2, 0.25) is 0 Å². The number of aromatic nitrogens is 1. The fourth-order valence-electron chi connectivity index (χ4n) is 6.10. The van der Waals surface area contributed by atoms with Crippen LogP contribution in [0.1, 0.15) is 49.5 Å². The number of carbonyl (C=O) groups is 3. The highest BCUT2D eigenvalue weighted by atomic mass is 16.7. The Balaban J connectivity index is 1.03. The van der Waals surface area contributed by atoms with Crippen molar-refractivity contribution in [2.75, 3.05) is 32.4 Å².